The summed E-state index contributed by atoms with van der Waals surface area (Å²) in [6.45, 7) is 2.86. The Morgan fingerprint density at radius 1 is 1.41 bits per heavy atom. The Labute approximate surface area is 110 Å². The normalized spacial score (nSPS) is 10.5. The van der Waals surface area contributed by atoms with Gasteiger partial charge in [0, 0.05) is 11.9 Å². The molecule has 5 heteroatoms. The SMILES string of the molecule is Cc1ncsc1CN(C)c1cccc(CCl)n1. The number of hydrogen-bond donors (Lipinski definition) is 0. The van der Waals surface area contributed by atoms with Crippen molar-refractivity contribution in [3.63, 3.8) is 0 Å². The van der Waals surface area contributed by atoms with Crippen LogP contribution < -0.4 is 4.90 Å². The summed E-state index contributed by atoms with van der Waals surface area (Å²) in [5.74, 6) is 1.39. The van der Waals surface area contributed by atoms with Gasteiger partial charge < -0.3 is 4.90 Å². The second-order valence-electron chi connectivity index (χ2n) is 3.84. The molecule has 0 amide bonds. The van der Waals surface area contributed by atoms with E-state index >= 15 is 0 Å². The van der Waals surface area contributed by atoms with Crippen LogP contribution in [0.3, 0.4) is 0 Å². The van der Waals surface area contributed by atoms with Crippen LogP contribution in [-0.4, -0.2) is 17.0 Å². The van der Waals surface area contributed by atoms with E-state index in [-0.39, 0.29) is 0 Å². The highest BCUT2D eigenvalue weighted by Gasteiger charge is 2.07. The molecule has 0 saturated carbocycles. The minimum atomic E-state index is 0.446. The number of aromatic nitrogens is 2. The van der Waals surface area contributed by atoms with Crippen LogP contribution in [0.25, 0.3) is 0 Å². The molecule has 2 rings (SSSR count). The van der Waals surface area contributed by atoms with Gasteiger partial charge in [-0.25, -0.2) is 9.97 Å². The maximum absolute atomic E-state index is 5.78. The molecule has 3 nitrogen and oxygen atoms in total. The second kappa shape index (κ2) is 5.47. The fourth-order valence-corrected chi connectivity index (χ4v) is 2.51. The molecule has 0 spiro atoms. The van der Waals surface area contributed by atoms with Gasteiger partial charge in [0.2, 0.25) is 0 Å². The summed E-state index contributed by atoms with van der Waals surface area (Å²) in [5, 5.41) is 0. The summed E-state index contributed by atoms with van der Waals surface area (Å²) in [5.41, 5.74) is 3.87. The van der Waals surface area contributed by atoms with Crippen LogP contribution in [0, 0.1) is 6.92 Å². The van der Waals surface area contributed by atoms with Crippen LogP contribution in [0.15, 0.2) is 23.7 Å². The van der Waals surface area contributed by atoms with Crippen molar-refractivity contribution in [1.82, 2.24) is 9.97 Å². The van der Waals surface area contributed by atoms with Crippen LogP contribution in [0.1, 0.15) is 16.3 Å². The lowest BCUT2D eigenvalue weighted by atomic mass is 10.3. The first-order chi connectivity index (χ1) is 8.20. The van der Waals surface area contributed by atoms with E-state index in [4.69, 9.17) is 11.6 Å². The molecule has 0 aliphatic heterocycles. The maximum atomic E-state index is 5.78. The summed E-state index contributed by atoms with van der Waals surface area (Å²) >= 11 is 7.46. The Morgan fingerprint density at radius 3 is 2.88 bits per heavy atom. The molecule has 2 aromatic heterocycles. The van der Waals surface area contributed by atoms with Crippen LogP contribution in [0.5, 0.6) is 0 Å². The predicted octanol–water partition coefficient (Wildman–Crippen LogP) is 3.22. The van der Waals surface area contributed by atoms with Gasteiger partial charge >= 0.3 is 0 Å². The van der Waals surface area contributed by atoms with Crippen molar-refractivity contribution in [2.24, 2.45) is 0 Å². The van der Waals surface area contributed by atoms with Crippen LogP contribution in [0.4, 0.5) is 5.82 Å². The highest BCUT2D eigenvalue weighted by atomic mass is 35.5. The van der Waals surface area contributed by atoms with Crippen molar-refractivity contribution in [2.45, 2.75) is 19.3 Å². The zero-order valence-electron chi connectivity index (χ0n) is 9.85. The molecule has 2 aromatic rings. The lowest BCUT2D eigenvalue weighted by Crippen LogP contribution is -2.17. The average molecular weight is 268 g/mol. The molecule has 0 unspecified atom stereocenters. The number of anilines is 1. The number of rotatable bonds is 4. The number of halogens is 1. The standard InChI is InChI=1S/C12H14ClN3S/c1-9-11(17-8-14-9)7-16(2)12-5-3-4-10(6-13)15-12/h3-5,8H,6-7H2,1-2H3. The second-order valence-corrected chi connectivity index (χ2v) is 5.04. The molecular weight excluding hydrogens is 254 g/mol. The lowest BCUT2D eigenvalue weighted by Gasteiger charge is -2.17. The van der Waals surface area contributed by atoms with Crippen molar-refractivity contribution >= 4 is 28.8 Å². The minimum Gasteiger partial charge on any atom is -0.354 e. The van der Waals surface area contributed by atoms with E-state index in [0.29, 0.717) is 5.88 Å². The van der Waals surface area contributed by atoms with Crippen molar-refractivity contribution in [3.8, 4) is 0 Å². The van der Waals surface area contributed by atoms with Crippen LogP contribution >= 0.6 is 22.9 Å². The molecule has 0 radical (unpaired) electrons. The zero-order chi connectivity index (χ0) is 12.3. The fraction of sp³-hybridized carbons (Fsp3) is 0.333. The zero-order valence-corrected chi connectivity index (χ0v) is 11.4. The molecule has 0 N–H and O–H groups in total. The van der Waals surface area contributed by atoms with Gasteiger partial charge in [-0.15, -0.1) is 22.9 Å². The molecular formula is C12H14ClN3S. The minimum absolute atomic E-state index is 0.446. The number of aryl methyl sites for hydroxylation is 1. The van der Waals surface area contributed by atoms with Gasteiger partial charge in [0.1, 0.15) is 5.82 Å². The number of nitrogens with zero attached hydrogens (tertiary/aromatic N) is 3. The number of alkyl halides is 1. The molecule has 2 heterocycles. The Bertz CT molecular complexity index is 498. The molecule has 17 heavy (non-hydrogen) atoms. The van der Waals surface area contributed by atoms with Gasteiger partial charge in [-0.05, 0) is 19.1 Å². The number of hydrogen-bond acceptors (Lipinski definition) is 4. The smallest absolute Gasteiger partial charge is 0.128 e. The summed E-state index contributed by atoms with van der Waals surface area (Å²) in [4.78, 5) is 12.1. The van der Waals surface area contributed by atoms with Crippen molar-refractivity contribution in [1.29, 1.82) is 0 Å². The van der Waals surface area contributed by atoms with Gasteiger partial charge in [0.05, 0.1) is 29.3 Å². The van der Waals surface area contributed by atoms with Gasteiger partial charge in [0.25, 0.3) is 0 Å². The molecule has 0 aliphatic carbocycles. The van der Waals surface area contributed by atoms with Crippen LogP contribution in [0.2, 0.25) is 0 Å². The first kappa shape index (κ1) is 12.3. The van der Waals surface area contributed by atoms with Gasteiger partial charge in [-0.2, -0.15) is 0 Å². The van der Waals surface area contributed by atoms with Crippen LogP contribution in [-0.2, 0) is 12.4 Å². The first-order valence-corrected chi connectivity index (χ1v) is 6.74. The Hall–Kier alpha value is -1.13. The summed E-state index contributed by atoms with van der Waals surface area (Å²) < 4.78 is 0. The van der Waals surface area contributed by atoms with E-state index in [1.54, 1.807) is 11.3 Å². The largest absolute Gasteiger partial charge is 0.354 e. The highest BCUT2D eigenvalue weighted by Crippen LogP contribution is 2.18. The Kier molecular flexibility index (Phi) is 3.97. The van der Waals surface area contributed by atoms with Crippen molar-refractivity contribution in [3.05, 3.63) is 40.0 Å². The molecule has 0 fully saturated rings. The third-order valence-corrected chi connectivity index (χ3v) is 3.74. The summed E-state index contributed by atoms with van der Waals surface area (Å²) in [7, 11) is 2.03. The predicted molar refractivity (Wildman–Crippen MR) is 72.8 cm³/mol. The molecule has 0 atom stereocenters. The molecule has 0 saturated heterocycles. The van der Waals surface area contributed by atoms with E-state index in [1.165, 1.54) is 4.88 Å². The first-order valence-electron chi connectivity index (χ1n) is 5.32. The topological polar surface area (TPSA) is 29.0 Å². The maximum Gasteiger partial charge on any atom is 0.128 e. The molecule has 0 aromatic carbocycles. The average Bonchev–Trinajstić information content (AvgIpc) is 2.75. The quantitative estimate of drug-likeness (QED) is 0.797. The van der Waals surface area contributed by atoms with Gasteiger partial charge in [-0.1, -0.05) is 6.07 Å². The van der Waals surface area contributed by atoms with E-state index in [1.807, 2.05) is 37.7 Å². The van der Waals surface area contributed by atoms with Crippen molar-refractivity contribution in [2.75, 3.05) is 11.9 Å². The van der Waals surface area contributed by atoms with Gasteiger partial charge in [0.15, 0.2) is 0 Å². The monoisotopic (exact) mass is 267 g/mol. The molecule has 0 bridgehead atoms. The van der Waals surface area contributed by atoms with Gasteiger partial charge in [-0.3, -0.25) is 0 Å². The summed E-state index contributed by atoms with van der Waals surface area (Å²) in [6, 6.07) is 5.91. The number of thiazole rings is 1. The molecule has 90 valence electrons. The summed E-state index contributed by atoms with van der Waals surface area (Å²) in [6.07, 6.45) is 0. The van der Waals surface area contributed by atoms with E-state index in [2.05, 4.69) is 14.9 Å². The van der Waals surface area contributed by atoms with E-state index in [0.717, 1.165) is 23.8 Å². The van der Waals surface area contributed by atoms with E-state index < -0.39 is 0 Å². The van der Waals surface area contributed by atoms with Crippen molar-refractivity contribution < 1.29 is 0 Å². The highest BCUT2D eigenvalue weighted by molar-refractivity contribution is 7.09. The van der Waals surface area contributed by atoms with E-state index in [9.17, 15) is 0 Å². The number of pyridine rings is 1. The lowest BCUT2D eigenvalue weighted by molar-refractivity contribution is 0.894. The Balaban J connectivity index is 2.14. The third kappa shape index (κ3) is 2.96. The fourth-order valence-electron chi connectivity index (χ4n) is 1.53. The Morgan fingerprint density at radius 2 is 2.24 bits per heavy atom. The molecule has 0 aliphatic rings. The third-order valence-electron chi connectivity index (χ3n) is 2.55.